The van der Waals surface area contributed by atoms with E-state index < -0.39 is 17.7 Å². The van der Waals surface area contributed by atoms with Crippen LogP contribution in [0, 0.1) is 17.2 Å². The van der Waals surface area contributed by atoms with Crippen molar-refractivity contribution >= 4 is 40.6 Å². The number of anilines is 1. The number of rotatable bonds is 12. The maximum atomic E-state index is 13.9. The third-order valence-corrected chi connectivity index (χ3v) is 8.19. The molecule has 3 N–H and O–H groups in total. The van der Waals surface area contributed by atoms with Crippen molar-refractivity contribution in [1.82, 2.24) is 14.5 Å². The monoisotopic (exact) mass is 636 g/mol. The number of hydrogen-bond acceptors (Lipinski definition) is 6. The Labute approximate surface area is 263 Å². The van der Waals surface area contributed by atoms with E-state index in [-0.39, 0.29) is 42.5 Å². The zero-order chi connectivity index (χ0) is 31.7. The van der Waals surface area contributed by atoms with Gasteiger partial charge in [-0.2, -0.15) is 18.4 Å². The van der Waals surface area contributed by atoms with Gasteiger partial charge in [-0.3, -0.25) is 4.79 Å². The van der Waals surface area contributed by atoms with Crippen LogP contribution < -0.4 is 11.1 Å². The van der Waals surface area contributed by atoms with E-state index >= 15 is 0 Å². The number of thioether (sulfide) groups is 1. The number of nitrogens with one attached hydrogen (secondary N) is 1. The number of carbonyl (C=O) groups is 1. The molecule has 0 saturated carbocycles. The van der Waals surface area contributed by atoms with E-state index in [9.17, 15) is 18.0 Å². The molecule has 1 heterocycles. The third-order valence-electron chi connectivity index (χ3n) is 7.08. The number of nitrogens with zero attached hydrogens (tertiary/aromatic N) is 4. The normalized spacial score (nSPS) is 11.9. The molecule has 4 rings (SSSR count). The predicted octanol–water partition coefficient (Wildman–Crippen LogP) is 6.13. The molecule has 0 aliphatic rings. The van der Waals surface area contributed by atoms with Gasteiger partial charge in [0.2, 0.25) is 0 Å². The van der Waals surface area contributed by atoms with Crippen molar-refractivity contribution in [2.45, 2.75) is 30.6 Å². The average Bonchev–Trinajstić information content (AvgIpc) is 3.45. The molecule has 228 valence electrons. The molecule has 0 radical (unpaired) electrons. The van der Waals surface area contributed by atoms with Crippen LogP contribution in [0.25, 0.3) is 0 Å². The number of ketones is 1. The van der Waals surface area contributed by atoms with Crippen LogP contribution in [0.4, 0.5) is 18.9 Å². The fourth-order valence-corrected chi connectivity index (χ4v) is 5.32. The van der Waals surface area contributed by atoms with Gasteiger partial charge in [0.05, 0.1) is 23.5 Å². The summed E-state index contributed by atoms with van der Waals surface area (Å²) in [5.74, 6) is -0.903. The van der Waals surface area contributed by atoms with Gasteiger partial charge in [0, 0.05) is 61.0 Å². The number of hydrogen-bond donors (Lipinski definition) is 2. The number of halogens is 3. The van der Waals surface area contributed by atoms with Crippen LogP contribution in [0.5, 0.6) is 0 Å². The zero-order valence-corrected chi connectivity index (χ0v) is 25.6. The Balaban J connectivity index is 1.54. The SMILES string of the molecule is CSc1ccc(NC(=S)N(Cc2ccccc2C(F)(F)F)C[C@H](CN)C(=O)Cc2cncn2Cc2ccc(C#N)cc2)cc1. The van der Waals surface area contributed by atoms with Crippen LogP contribution in [0.2, 0.25) is 0 Å². The number of aromatic nitrogens is 2. The molecule has 0 spiro atoms. The predicted molar refractivity (Wildman–Crippen MR) is 170 cm³/mol. The van der Waals surface area contributed by atoms with Gasteiger partial charge in [0.15, 0.2) is 5.11 Å². The van der Waals surface area contributed by atoms with Crippen LogP contribution in [-0.2, 0) is 30.5 Å². The Kier molecular flexibility index (Phi) is 11.2. The van der Waals surface area contributed by atoms with Gasteiger partial charge in [-0.05, 0) is 72.1 Å². The van der Waals surface area contributed by atoms with Crippen LogP contribution in [0.3, 0.4) is 0 Å². The summed E-state index contributed by atoms with van der Waals surface area (Å²) in [6.45, 7) is 0.265. The van der Waals surface area contributed by atoms with Gasteiger partial charge in [0.25, 0.3) is 0 Å². The van der Waals surface area contributed by atoms with E-state index in [4.69, 9.17) is 23.2 Å². The van der Waals surface area contributed by atoms with E-state index in [1.165, 1.54) is 12.1 Å². The Morgan fingerprint density at radius 2 is 1.84 bits per heavy atom. The summed E-state index contributed by atoms with van der Waals surface area (Å²) in [5, 5.41) is 12.3. The van der Waals surface area contributed by atoms with E-state index in [0.717, 1.165) is 16.5 Å². The molecule has 0 saturated heterocycles. The van der Waals surface area contributed by atoms with Crippen molar-refractivity contribution in [2.75, 3.05) is 24.7 Å². The molecule has 12 heteroatoms. The Hall–Kier alpha value is -4.18. The first-order valence-electron chi connectivity index (χ1n) is 13.7. The summed E-state index contributed by atoms with van der Waals surface area (Å²) in [7, 11) is 0. The number of thiocarbonyl (C=S) groups is 1. The zero-order valence-electron chi connectivity index (χ0n) is 23.9. The van der Waals surface area contributed by atoms with Crippen LogP contribution in [0.15, 0.2) is 90.2 Å². The highest BCUT2D eigenvalue weighted by Gasteiger charge is 2.34. The second kappa shape index (κ2) is 15.0. The van der Waals surface area contributed by atoms with Gasteiger partial charge in [0.1, 0.15) is 5.78 Å². The standard InChI is InChI=1S/C32H31F3N6OS2/c1-44-28-12-10-26(11-13-28)39-31(43)40(19-24-4-2-3-5-29(24)32(33,34)35)20-25(16-37)30(42)14-27-17-38-21-41(27)18-23-8-6-22(15-36)7-9-23/h2-13,17,21,25H,14,16,18-20,37H2,1H3,(H,39,43)/t25-/m0/s1. The Bertz CT molecular complexity index is 1610. The fraction of sp³-hybridized carbons (Fsp3) is 0.250. The van der Waals surface area contributed by atoms with E-state index in [1.54, 1.807) is 47.4 Å². The second-order valence-electron chi connectivity index (χ2n) is 10.1. The maximum absolute atomic E-state index is 13.9. The van der Waals surface area contributed by atoms with Crippen LogP contribution in [-0.4, -0.2) is 44.7 Å². The largest absolute Gasteiger partial charge is 0.416 e. The smallest absolute Gasteiger partial charge is 0.344 e. The molecule has 0 unspecified atom stereocenters. The molecule has 0 amide bonds. The highest BCUT2D eigenvalue weighted by Crippen LogP contribution is 2.32. The first-order valence-corrected chi connectivity index (χ1v) is 15.3. The molecule has 0 aliphatic carbocycles. The fourth-order valence-electron chi connectivity index (χ4n) is 4.65. The van der Waals surface area contributed by atoms with Gasteiger partial charge in [-0.25, -0.2) is 4.98 Å². The van der Waals surface area contributed by atoms with Crippen molar-refractivity contribution < 1.29 is 18.0 Å². The van der Waals surface area contributed by atoms with Crippen molar-refractivity contribution in [3.05, 3.63) is 113 Å². The number of Topliss-reactive ketones (excluding diaryl/α,β-unsaturated/α-hetero) is 1. The first kappa shape index (κ1) is 32.7. The lowest BCUT2D eigenvalue weighted by Gasteiger charge is -2.30. The quantitative estimate of drug-likeness (QED) is 0.142. The van der Waals surface area contributed by atoms with Gasteiger partial charge >= 0.3 is 6.18 Å². The van der Waals surface area contributed by atoms with E-state index in [2.05, 4.69) is 16.4 Å². The third kappa shape index (κ3) is 8.69. The maximum Gasteiger partial charge on any atom is 0.416 e. The number of alkyl halides is 3. The Morgan fingerprint density at radius 3 is 2.48 bits per heavy atom. The molecule has 4 aromatic rings. The minimum Gasteiger partial charge on any atom is -0.344 e. The lowest BCUT2D eigenvalue weighted by atomic mass is 9.99. The lowest BCUT2D eigenvalue weighted by molar-refractivity contribution is -0.138. The molecule has 0 aliphatic heterocycles. The molecular weight excluding hydrogens is 606 g/mol. The summed E-state index contributed by atoms with van der Waals surface area (Å²) in [5.41, 5.74) is 8.16. The minimum absolute atomic E-state index is 0.0139. The molecule has 44 heavy (non-hydrogen) atoms. The van der Waals surface area contributed by atoms with Crippen molar-refractivity contribution in [3.63, 3.8) is 0 Å². The molecule has 0 bridgehead atoms. The lowest BCUT2D eigenvalue weighted by Crippen LogP contribution is -2.43. The number of benzene rings is 3. The van der Waals surface area contributed by atoms with E-state index in [1.807, 2.05) is 47.2 Å². The van der Waals surface area contributed by atoms with Gasteiger partial charge in [-0.15, -0.1) is 11.8 Å². The first-order chi connectivity index (χ1) is 21.1. The van der Waals surface area contributed by atoms with Crippen LogP contribution >= 0.6 is 24.0 Å². The van der Waals surface area contributed by atoms with Crippen LogP contribution in [0.1, 0.15) is 27.9 Å². The van der Waals surface area contributed by atoms with Crippen molar-refractivity contribution in [3.8, 4) is 6.07 Å². The van der Waals surface area contributed by atoms with E-state index in [0.29, 0.717) is 23.5 Å². The topological polar surface area (TPSA) is 100.0 Å². The van der Waals surface area contributed by atoms with Gasteiger partial charge < -0.3 is 20.5 Å². The molecule has 1 aromatic heterocycles. The highest BCUT2D eigenvalue weighted by molar-refractivity contribution is 7.98. The van der Waals surface area contributed by atoms with Crippen molar-refractivity contribution in [1.29, 1.82) is 5.26 Å². The summed E-state index contributed by atoms with van der Waals surface area (Å²) in [6, 6.07) is 22.0. The average molecular weight is 637 g/mol. The molecule has 0 fully saturated rings. The van der Waals surface area contributed by atoms with Crippen molar-refractivity contribution in [2.24, 2.45) is 11.7 Å². The van der Waals surface area contributed by atoms with Gasteiger partial charge in [-0.1, -0.05) is 30.3 Å². The summed E-state index contributed by atoms with van der Waals surface area (Å²) in [6.07, 6.45) is 0.663. The molecule has 7 nitrogen and oxygen atoms in total. The number of nitriles is 1. The minimum atomic E-state index is -4.55. The molecule has 3 aromatic carbocycles. The number of carbonyl (C=O) groups excluding carboxylic acids is 1. The number of nitrogens with two attached hydrogens (primary N) is 1. The Morgan fingerprint density at radius 1 is 1.14 bits per heavy atom. The highest BCUT2D eigenvalue weighted by atomic mass is 32.2. The summed E-state index contributed by atoms with van der Waals surface area (Å²) in [4.78, 5) is 20.4. The summed E-state index contributed by atoms with van der Waals surface area (Å²) < 4.78 is 43.4. The molecule has 1 atom stereocenters. The molecular formula is C32H31F3N6OS2. The summed E-state index contributed by atoms with van der Waals surface area (Å²) >= 11 is 7.26. The number of imidazole rings is 1. The second-order valence-corrected chi connectivity index (χ2v) is 11.4.